The Labute approximate surface area is 331 Å². The Morgan fingerprint density at radius 1 is 0.782 bits per heavy atom. The Kier molecular flexibility index (Phi) is 14.8. The normalized spacial score (nSPS) is 14.7. The monoisotopic (exact) mass is 815 g/mol. The van der Waals surface area contributed by atoms with Gasteiger partial charge in [-0.15, -0.1) is 0 Å². The first-order chi connectivity index (χ1) is 26.5. The standard InChI is InChI=1S/C22H26ClN3O4.C16H17ClN2O5S/c1-2-29-20(28)17-12-24-21(26-9-7-22(5-6-22)8-10-26)25-19(17)30-14-15-3-4-16(13-27)18(23)11-15;1-3-23-15(21)12-7-18-16(25(2)22)19-14(12)24-9-10-4-5-11(8-20)13(17)6-10/h3-4,11-12,27H,2,5-10,13-14H2,1H3;4-7,20H,3,8-9H2,1-2H3. The summed E-state index contributed by atoms with van der Waals surface area (Å²) < 4.78 is 33.2. The lowest BCUT2D eigenvalue weighted by Crippen LogP contribution is -2.35. The van der Waals surface area contributed by atoms with E-state index in [0.717, 1.165) is 37.1 Å². The molecule has 1 saturated carbocycles. The van der Waals surface area contributed by atoms with Crippen molar-refractivity contribution < 1.29 is 43.0 Å². The first-order valence-corrected chi connectivity index (χ1v) is 20.0. The number of carbonyl (C=O) groups excluding carboxylic acids is 2. The van der Waals surface area contributed by atoms with Crippen LogP contribution in [0.4, 0.5) is 5.95 Å². The Bertz CT molecular complexity index is 2010. The van der Waals surface area contributed by atoms with Crippen molar-refractivity contribution >= 4 is 51.9 Å². The number of aliphatic hydroxyl groups is 2. The molecule has 0 bridgehead atoms. The third-order valence-corrected chi connectivity index (χ3v) is 10.5. The van der Waals surface area contributed by atoms with Crippen molar-refractivity contribution in [3.8, 4) is 11.8 Å². The Balaban J connectivity index is 0.000000215. The number of piperidine rings is 1. The van der Waals surface area contributed by atoms with Gasteiger partial charge in [-0.2, -0.15) is 9.97 Å². The Morgan fingerprint density at radius 2 is 1.27 bits per heavy atom. The highest BCUT2D eigenvalue weighted by Gasteiger charge is 2.44. The number of nitrogens with zero attached hydrogens (tertiary/aromatic N) is 5. The number of anilines is 1. The van der Waals surface area contributed by atoms with Gasteiger partial charge in [-0.25, -0.2) is 19.6 Å². The van der Waals surface area contributed by atoms with Crippen molar-refractivity contribution in [2.75, 3.05) is 37.5 Å². The Hall–Kier alpha value is -4.41. The summed E-state index contributed by atoms with van der Waals surface area (Å²) in [6.45, 7) is 5.67. The first-order valence-electron chi connectivity index (χ1n) is 17.7. The van der Waals surface area contributed by atoms with Crippen LogP contribution in [0.2, 0.25) is 10.0 Å². The van der Waals surface area contributed by atoms with Crippen molar-refractivity contribution in [3.63, 3.8) is 0 Å². The summed E-state index contributed by atoms with van der Waals surface area (Å²) in [6, 6.07) is 10.4. The van der Waals surface area contributed by atoms with Gasteiger partial charge in [0.1, 0.15) is 24.3 Å². The summed E-state index contributed by atoms with van der Waals surface area (Å²) in [5.74, 6) is -0.376. The van der Waals surface area contributed by atoms with Crippen LogP contribution < -0.4 is 14.4 Å². The molecule has 1 unspecified atom stereocenters. The molecule has 2 N–H and O–H groups in total. The van der Waals surface area contributed by atoms with E-state index in [4.69, 9.17) is 47.3 Å². The number of benzene rings is 2. The maximum Gasteiger partial charge on any atom is 0.345 e. The minimum Gasteiger partial charge on any atom is -0.472 e. The number of hydrogen-bond donors (Lipinski definition) is 2. The second-order valence-corrected chi connectivity index (χ2v) is 15.0. The van der Waals surface area contributed by atoms with E-state index in [-0.39, 0.29) is 67.7 Å². The number of rotatable bonds is 14. The largest absolute Gasteiger partial charge is 0.472 e. The van der Waals surface area contributed by atoms with Crippen LogP contribution in [0.5, 0.6) is 11.8 Å². The summed E-state index contributed by atoms with van der Waals surface area (Å²) in [6.07, 6.45) is 9.11. The molecule has 2 aromatic heterocycles. The van der Waals surface area contributed by atoms with Gasteiger partial charge in [0.2, 0.25) is 22.9 Å². The summed E-state index contributed by atoms with van der Waals surface area (Å²) in [4.78, 5) is 43.4. The van der Waals surface area contributed by atoms with Crippen molar-refractivity contribution in [2.24, 2.45) is 5.41 Å². The third-order valence-electron chi connectivity index (χ3n) is 9.11. The second kappa shape index (κ2) is 19.4. The molecule has 3 heterocycles. The van der Waals surface area contributed by atoms with Gasteiger partial charge in [0.15, 0.2) is 0 Å². The Morgan fingerprint density at radius 3 is 1.71 bits per heavy atom. The summed E-state index contributed by atoms with van der Waals surface area (Å²) >= 11 is 12.2. The molecular weight excluding hydrogens is 773 g/mol. The second-order valence-electron chi connectivity index (χ2n) is 12.9. The highest BCUT2D eigenvalue weighted by atomic mass is 35.5. The fourth-order valence-corrected chi connectivity index (χ4v) is 6.63. The molecular formula is C38H43Cl2N5O9S. The molecule has 55 heavy (non-hydrogen) atoms. The molecule has 2 aromatic carbocycles. The van der Waals surface area contributed by atoms with Crippen LogP contribution >= 0.6 is 23.2 Å². The van der Waals surface area contributed by atoms with E-state index in [2.05, 4.69) is 24.8 Å². The number of aromatic nitrogens is 4. The lowest BCUT2D eigenvalue weighted by atomic mass is 9.94. The number of hydrogen-bond acceptors (Lipinski definition) is 14. The summed E-state index contributed by atoms with van der Waals surface area (Å²) in [5, 5.41) is 19.3. The predicted octanol–water partition coefficient (Wildman–Crippen LogP) is 5.87. The van der Waals surface area contributed by atoms with Crippen molar-refractivity contribution in [1.29, 1.82) is 0 Å². The number of halogens is 2. The average Bonchev–Trinajstić information content (AvgIpc) is 3.95. The molecule has 2 fully saturated rings. The highest BCUT2D eigenvalue weighted by molar-refractivity contribution is 7.84. The predicted molar refractivity (Wildman–Crippen MR) is 205 cm³/mol. The van der Waals surface area contributed by atoms with Gasteiger partial charge < -0.3 is 34.1 Å². The molecule has 17 heteroatoms. The number of ether oxygens (including phenoxy) is 4. The zero-order chi connectivity index (χ0) is 39.5. The molecule has 2 aliphatic rings. The minimum absolute atomic E-state index is 0.0130. The van der Waals surface area contributed by atoms with Crippen LogP contribution in [0.15, 0.2) is 53.9 Å². The smallest absolute Gasteiger partial charge is 0.345 e. The number of esters is 2. The molecule has 0 radical (unpaired) electrons. The van der Waals surface area contributed by atoms with E-state index in [1.165, 1.54) is 31.5 Å². The summed E-state index contributed by atoms with van der Waals surface area (Å²) in [5.41, 5.74) is 3.58. The van der Waals surface area contributed by atoms with Gasteiger partial charge in [-0.05, 0) is 79.3 Å². The maximum atomic E-state index is 12.4. The van der Waals surface area contributed by atoms with Gasteiger partial charge in [0, 0.05) is 29.4 Å². The fraction of sp³-hybridized carbons (Fsp3) is 0.421. The summed E-state index contributed by atoms with van der Waals surface area (Å²) in [7, 11) is -1.42. The lowest BCUT2D eigenvalue weighted by Gasteiger charge is -2.32. The molecule has 1 aliphatic carbocycles. The minimum atomic E-state index is -1.42. The topological polar surface area (TPSA) is 183 Å². The number of aliphatic hydroxyl groups excluding tert-OH is 2. The molecule has 6 rings (SSSR count). The van der Waals surface area contributed by atoms with Crippen LogP contribution in [0, 0.1) is 5.41 Å². The number of carbonyl (C=O) groups is 2. The molecule has 14 nitrogen and oxygen atoms in total. The molecule has 1 spiro atoms. The molecule has 0 amide bonds. The zero-order valence-electron chi connectivity index (χ0n) is 30.8. The van der Waals surface area contributed by atoms with Gasteiger partial charge >= 0.3 is 11.9 Å². The molecule has 4 aromatic rings. The van der Waals surface area contributed by atoms with Crippen molar-refractivity contribution in [3.05, 3.63) is 92.2 Å². The zero-order valence-corrected chi connectivity index (χ0v) is 33.1. The van der Waals surface area contributed by atoms with E-state index >= 15 is 0 Å². The average molecular weight is 817 g/mol. The van der Waals surface area contributed by atoms with Crippen LogP contribution in [0.3, 0.4) is 0 Å². The molecule has 1 atom stereocenters. The van der Waals surface area contributed by atoms with E-state index in [1.54, 1.807) is 44.2 Å². The van der Waals surface area contributed by atoms with Gasteiger partial charge in [-0.1, -0.05) is 47.5 Å². The van der Waals surface area contributed by atoms with Crippen molar-refractivity contribution in [2.45, 2.75) is 71.1 Å². The maximum absolute atomic E-state index is 12.4. The van der Waals surface area contributed by atoms with Gasteiger partial charge in [0.05, 0.1) is 49.6 Å². The van der Waals surface area contributed by atoms with Crippen LogP contribution in [-0.4, -0.2) is 78.9 Å². The molecule has 1 saturated heterocycles. The van der Waals surface area contributed by atoms with Crippen LogP contribution in [0.1, 0.15) is 82.5 Å². The SMILES string of the molecule is CCOC(=O)c1cnc(N2CCC3(CC2)CC3)nc1OCc1ccc(CO)c(Cl)c1.CCOC(=O)c1cnc(S(C)=O)nc1OCc1ccc(CO)c(Cl)c1. The van der Waals surface area contributed by atoms with Crippen LogP contribution in [-0.2, 0) is 46.7 Å². The van der Waals surface area contributed by atoms with Gasteiger partial charge in [-0.3, -0.25) is 4.21 Å². The van der Waals surface area contributed by atoms with Gasteiger partial charge in [0.25, 0.3) is 0 Å². The van der Waals surface area contributed by atoms with E-state index in [1.807, 2.05) is 6.07 Å². The van der Waals surface area contributed by atoms with E-state index in [9.17, 15) is 18.9 Å². The fourth-order valence-electron chi connectivity index (χ4n) is 5.70. The van der Waals surface area contributed by atoms with E-state index in [0.29, 0.717) is 32.5 Å². The quantitative estimate of drug-likeness (QED) is 0.114. The van der Waals surface area contributed by atoms with Crippen LogP contribution in [0.25, 0.3) is 0 Å². The lowest BCUT2D eigenvalue weighted by molar-refractivity contribution is 0.0509. The van der Waals surface area contributed by atoms with Crippen molar-refractivity contribution in [1.82, 2.24) is 19.9 Å². The highest BCUT2D eigenvalue weighted by Crippen LogP contribution is 2.53. The first kappa shape index (κ1) is 41.7. The molecule has 294 valence electrons. The molecule has 1 aliphatic heterocycles. The third kappa shape index (κ3) is 11.1. The van der Waals surface area contributed by atoms with E-state index < -0.39 is 22.7 Å².